The second-order valence-electron chi connectivity index (χ2n) is 9.61. The number of hydrogen-bond donors (Lipinski definition) is 1. The number of amides is 1. The Labute approximate surface area is 214 Å². The van der Waals surface area contributed by atoms with Crippen molar-refractivity contribution in [2.45, 2.75) is 32.5 Å². The normalized spacial score (nSPS) is 17.0. The minimum absolute atomic E-state index is 0.118. The third-order valence-electron chi connectivity index (χ3n) is 6.21. The highest BCUT2D eigenvalue weighted by molar-refractivity contribution is 5.95. The predicted molar refractivity (Wildman–Crippen MR) is 139 cm³/mol. The van der Waals surface area contributed by atoms with Crippen molar-refractivity contribution < 1.29 is 28.8 Å². The topological polar surface area (TPSA) is 80.7 Å². The van der Waals surface area contributed by atoms with Gasteiger partial charge in [0.05, 0.1) is 40.1 Å². The largest absolute Gasteiger partial charge is 0.493 e. The van der Waals surface area contributed by atoms with Gasteiger partial charge in [-0.15, -0.1) is 0 Å². The smallest absolute Gasteiger partial charge is 0.254 e. The van der Waals surface area contributed by atoms with Crippen LogP contribution in [0.4, 0.5) is 0 Å². The average Bonchev–Trinajstić information content (AvgIpc) is 2.87. The highest BCUT2D eigenvalue weighted by atomic mass is 16.5. The molecular weight excluding hydrogens is 460 g/mol. The van der Waals surface area contributed by atoms with Crippen LogP contribution in [-0.4, -0.2) is 93.7 Å². The number of aliphatic hydroxyl groups is 1. The zero-order valence-electron chi connectivity index (χ0n) is 22.1. The predicted octanol–water partition coefficient (Wildman–Crippen LogP) is 3.12. The Hall–Kier alpha value is -2.81. The molecule has 0 aliphatic carbocycles. The van der Waals surface area contributed by atoms with Crippen LogP contribution < -0.4 is 14.2 Å². The maximum Gasteiger partial charge on any atom is 0.254 e. The maximum absolute atomic E-state index is 13.6. The zero-order chi connectivity index (χ0) is 26.1. The lowest BCUT2D eigenvalue weighted by atomic mass is 10.1. The fourth-order valence-corrected chi connectivity index (χ4v) is 4.62. The van der Waals surface area contributed by atoms with Gasteiger partial charge in [-0.05, 0) is 30.0 Å². The maximum atomic E-state index is 13.6. The van der Waals surface area contributed by atoms with E-state index in [9.17, 15) is 9.90 Å². The third kappa shape index (κ3) is 7.59. The number of carbonyl (C=O) groups excluding carboxylic acids is 1. The fraction of sp³-hybridized carbons (Fsp3) is 0.536. The second-order valence-corrected chi connectivity index (χ2v) is 9.61. The van der Waals surface area contributed by atoms with Crippen LogP contribution in [0, 0.1) is 5.92 Å². The molecule has 3 rings (SSSR count). The lowest BCUT2D eigenvalue weighted by Crippen LogP contribution is -2.51. The molecule has 1 N–H and O–H groups in total. The van der Waals surface area contributed by atoms with Gasteiger partial charge in [-0.3, -0.25) is 9.69 Å². The molecule has 0 spiro atoms. The van der Waals surface area contributed by atoms with Gasteiger partial charge in [0, 0.05) is 38.3 Å². The summed E-state index contributed by atoms with van der Waals surface area (Å²) in [5.74, 6) is 1.50. The van der Waals surface area contributed by atoms with E-state index in [0.717, 1.165) is 12.1 Å². The minimum Gasteiger partial charge on any atom is -0.493 e. The molecule has 0 bridgehead atoms. The molecule has 1 amide bonds. The summed E-state index contributed by atoms with van der Waals surface area (Å²) in [6, 6.07) is 13.4. The molecule has 0 aromatic heterocycles. The van der Waals surface area contributed by atoms with Crippen molar-refractivity contribution in [2.75, 3.05) is 60.7 Å². The number of methoxy groups -OCH3 is 3. The van der Waals surface area contributed by atoms with E-state index >= 15 is 0 Å². The molecule has 36 heavy (non-hydrogen) atoms. The lowest BCUT2D eigenvalue weighted by molar-refractivity contribution is -0.0510. The van der Waals surface area contributed by atoms with Crippen LogP contribution in [0.3, 0.4) is 0 Å². The SMILES string of the molecule is COc1cc(C(=O)N(CC(C)C)C[C@H]2CN(C[C@@H](O)Cc3ccccc3)CCO2)cc(OC)c1OC. The summed E-state index contributed by atoms with van der Waals surface area (Å²) in [7, 11) is 4.61. The van der Waals surface area contributed by atoms with Gasteiger partial charge in [0.15, 0.2) is 11.5 Å². The number of ether oxygens (including phenoxy) is 4. The molecule has 1 saturated heterocycles. The van der Waals surface area contributed by atoms with E-state index < -0.39 is 6.10 Å². The van der Waals surface area contributed by atoms with Crippen LogP contribution in [0.1, 0.15) is 29.8 Å². The summed E-state index contributed by atoms with van der Waals surface area (Å²) in [4.78, 5) is 17.7. The van der Waals surface area contributed by atoms with Crippen molar-refractivity contribution in [1.82, 2.24) is 9.80 Å². The van der Waals surface area contributed by atoms with E-state index in [1.807, 2.05) is 35.2 Å². The molecule has 0 radical (unpaired) electrons. The summed E-state index contributed by atoms with van der Waals surface area (Å²) >= 11 is 0. The molecule has 2 atom stereocenters. The van der Waals surface area contributed by atoms with Gasteiger partial charge in [0.25, 0.3) is 5.91 Å². The molecule has 2 aromatic rings. The second kappa shape index (κ2) is 13.5. The summed E-state index contributed by atoms with van der Waals surface area (Å²) in [5, 5.41) is 10.6. The van der Waals surface area contributed by atoms with E-state index in [0.29, 0.717) is 62.0 Å². The number of β-amino-alcohol motifs (C(OH)–C–C–N with tert-alkyl or cyclic N) is 1. The van der Waals surface area contributed by atoms with E-state index in [1.54, 1.807) is 12.1 Å². The third-order valence-corrected chi connectivity index (χ3v) is 6.21. The Morgan fingerprint density at radius 2 is 1.78 bits per heavy atom. The molecule has 1 heterocycles. The van der Waals surface area contributed by atoms with Crippen molar-refractivity contribution in [3.05, 3.63) is 53.6 Å². The van der Waals surface area contributed by atoms with Gasteiger partial charge in [0.1, 0.15) is 0 Å². The molecule has 1 fully saturated rings. The highest BCUT2D eigenvalue weighted by Crippen LogP contribution is 2.38. The van der Waals surface area contributed by atoms with Gasteiger partial charge in [0.2, 0.25) is 5.75 Å². The van der Waals surface area contributed by atoms with Crippen LogP contribution in [0.5, 0.6) is 17.2 Å². The molecule has 1 aliphatic heterocycles. The highest BCUT2D eigenvalue weighted by Gasteiger charge is 2.28. The number of hydrogen-bond acceptors (Lipinski definition) is 7. The standard InChI is InChI=1S/C28H40N2O6/c1-20(2)16-30(28(32)22-14-25(33-3)27(35-5)26(15-22)34-4)19-24-18-29(11-12-36-24)17-23(31)13-21-9-7-6-8-10-21/h6-10,14-15,20,23-24,31H,11-13,16-19H2,1-5H3/t23-,24+/m0/s1. The van der Waals surface area contributed by atoms with Crippen LogP contribution in [-0.2, 0) is 11.2 Å². The van der Waals surface area contributed by atoms with E-state index in [-0.39, 0.29) is 17.9 Å². The molecule has 2 aromatic carbocycles. The molecular formula is C28H40N2O6. The Bertz CT molecular complexity index is 943. The number of aliphatic hydroxyl groups excluding tert-OH is 1. The lowest BCUT2D eigenvalue weighted by Gasteiger charge is -2.37. The summed E-state index contributed by atoms with van der Waals surface area (Å²) in [6.45, 7) is 7.77. The molecule has 198 valence electrons. The van der Waals surface area contributed by atoms with Gasteiger partial charge in [-0.2, -0.15) is 0 Å². The Balaban J connectivity index is 1.69. The first-order chi connectivity index (χ1) is 17.3. The van der Waals surface area contributed by atoms with E-state index in [4.69, 9.17) is 18.9 Å². The summed E-state index contributed by atoms with van der Waals surface area (Å²) in [6.07, 6.45) is 0.00768. The zero-order valence-corrected chi connectivity index (χ0v) is 22.1. The van der Waals surface area contributed by atoms with Crippen LogP contribution in [0.25, 0.3) is 0 Å². The van der Waals surface area contributed by atoms with Gasteiger partial charge < -0.3 is 29.0 Å². The van der Waals surface area contributed by atoms with E-state index in [2.05, 4.69) is 18.7 Å². The van der Waals surface area contributed by atoms with Crippen LogP contribution in [0.2, 0.25) is 0 Å². The van der Waals surface area contributed by atoms with Crippen LogP contribution in [0.15, 0.2) is 42.5 Å². The number of benzene rings is 2. The summed E-state index contributed by atoms with van der Waals surface area (Å²) in [5.41, 5.74) is 1.59. The quantitative estimate of drug-likeness (QED) is 0.480. The number of carbonyl (C=O) groups is 1. The number of nitrogens with zero attached hydrogens (tertiary/aromatic N) is 2. The van der Waals surface area contributed by atoms with Crippen molar-refractivity contribution in [3.63, 3.8) is 0 Å². The van der Waals surface area contributed by atoms with E-state index in [1.165, 1.54) is 21.3 Å². The molecule has 1 aliphatic rings. The first-order valence-electron chi connectivity index (χ1n) is 12.5. The average molecular weight is 501 g/mol. The molecule has 0 unspecified atom stereocenters. The molecule has 8 heteroatoms. The number of rotatable bonds is 12. The van der Waals surface area contributed by atoms with Gasteiger partial charge >= 0.3 is 0 Å². The first-order valence-corrected chi connectivity index (χ1v) is 12.5. The fourth-order valence-electron chi connectivity index (χ4n) is 4.62. The summed E-state index contributed by atoms with van der Waals surface area (Å²) < 4.78 is 22.3. The van der Waals surface area contributed by atoms with Crippen molar-refractivity contribution in [2.24, 2.45) is 5.92 Å². The monoisotopic (exact) mass is 500 g/mol. The number of morpholine rings is 1. The van der Waals surface area contributed by atoms with Crippen molar-refractivity contribution in [3.8, 4) is 17.2 Å². The molecule has 0 saturated carbocycles. The Morgan fingerprint density at radius 3 is 2.36 bits per heavy atom. The van der Waals surface area contributed by atoms with Crippen molar-refractivity contribution in [1.29, 1.82) is 0 Å². The van der Waals surface area contributed by atoms with Gasteiger partial charge in [-0.1, -0.05) is 44.2 Å². The van der Waals surface area contributed by atoms with Crippen LogP contribution >= 0.6 is 0 Å². The van der Waals surface area contributed by atoms with Crippen molar-refractivity contribution >= 4 is 5.91 Å². The minimum atomic E-state index is -0.459. The Morgan fingerprint density at radius 1 is 1.11 bits per heavy atom. The molecule has 8 nitrogen and oxygen atoms in total. The Kier molecular flexibility index (Phi) is 10.4. The first kappa shape index (κ1) is 27.8. The van der Waals surface area contributed by atoms with Gasteiger partial charge in [-0.25, -0.2) is 0 Å².